The van der Waals surface area contributed by atoms with Gasteiger partial charge in [0, 0.05) is 0 Å². The smallest absolute Gasteiger partial charge is 0.333 e. The quantitative estimate of drug-likeness (QED) is 0.608. The zero-order valence-corrected chi connectivity index (χ0v) is 14.4. The van der Waals surface area contributed by atoms with Gasteiger partial charge in [0.05, 0.1) is 18.9 Å². The lowest BCUT2D eigenvalue weighted by Crippen LogP contribution is -2.55. The van der Waals surface area contributed by atoms with Crippen LogP contribution in [-0.4, -0.2) is 46.6 Å². The molecule has 13 heteroatoms. The van der Waals surface area contributed by atoms with Crippen LogP contribution in [0.5, 0.6) is 0 Å². The predicted molar refractivity (Wildman–Crippen MR) is 79.0 cm³/mol. The molecule has 0 aliphatic carbocycles. The molecule has 26 heavy (non-hydrogen) atoms. The normalized spacial score (nSPS) is 34.5. The number of alkyl halides is 3. The van der Waals surface area contributed by atoms with Crippen LogP contribution in [0.1, 0.15) is 20.1 Å². The minimum Gasteiger partial charge on any atom is -0.337 e. The van der Waals surface area contributed by atoms with Crippen molar-refractivity contribution in [3.05, 3.63) is 32.9 Å². The number of aromatic amines is 1. The van der Waals surface area contributed by atoms with E-state index in [4.69, 9.17) is 18.3 Å². The van der Waals surface area contributed by atoms with Gasteiger partial charge >= 0.3 is 14.3 Å². The molecule has 5 atom stereocenters. The van der Waals surface area contributed by atoms with E-state index < -0.39 is 62.8 Å². The monoisotopic (exact) mass is 402 g/mol. The van der Waals surface area contributed by atoms with Crippen molar-refractivity contribution in [2.75, 3.05) is 6.61 Å². The molecule has 0 amide bonds. The van der Waals surface area contributed by atoms with Crippen molar-refractivity contribution in [2.24, 2.45) is 0 Å². The molecule has 0 saturated carbocycles. The molecule has 2 saturated heterocycles. The Hall–Kier alpha value is -1.33. The highest BCUT2D eigenvalue weighted by Gasteiger charge is 2.66. The highest BCUT2D eigenvalue weighted by Crippen LogP contribution is 2.56. The second-order valence-electron chi connectivity index (χ2n) is 6.03. The molecule has 0 spiro atoms. The van der Waals surface area contributed by atoms with Gasteiger partial charge in [0.25, 0.3) is 12.0 Å². The van der Waals surface area contributed by atoms with E-state index in [2.05, 4.69) is 0 Å². The summed E-state index contributed by atoms with van der Waals surface area (Å²) >= 11 is 0. The van der Waals surface area contributed by atoms with Gasteiger partial charge in [-0.05, 0) is 13.8 Å². The lowest BCUT2D eigenvalue weighted by molar-refractivity contribution is -0.204. The van der Waals surface area contributed by atoms with Crippen LogP contribution in [-0.2, 0) is 18.3 Å². The zero-order valence-electron chi connectivity index (χ0n) is 13.5. The molecule has 1 aromatic rings. The van der Waals surface area contributed by atoms with Crippen LogP contribution in [0.4, 0.5) is 17.6 Å². The molecule has 2 aliphatic heterocycles. The Morgan fingerprint density at radius 1 is 1.42 bits per heavy atom. The van der Waals surface area contributed by atoms with Gasteiger partial charge in [-0.25, -0.2) is 18.0 Å². The van der Waals surface area contributed by atoms with E-state index in [1.165, 1.54) is 0 Å². The maximum absolute atomic E-state index is 14.9. The first kappa shape index (κ1) is 19.4. The van der Waals surface area contributed by atoms with Crippen molar-refractivity contribution in [3.63, 3.8) is 0 Å². The fourth-order valence-corrected chi connectivity index (χ4v) is 3.95. The van der Waals surface area contributed by atoms with Crippen molar-refractivity contribution in [2.45, 2.75) is 50.5 Å². The molecule has 0 bridgehead atoms. The van der Waals surface area contributed by atoms with Crippen LogP contribution < -0.4 is 11.2 Å². The first-order valence-electron chi connectivity index (χ1n) is 7.53. The first-order valence-corrected chi connectivity index (χ1v) is 8.63. The Balaban J connectivity index is 1.96. The number of fused-ring (bicyclic) bond motifs is 1. The van der Waals surface area contributed by atoms with Crippen molar-refractivity contribution < 1.29 is 35.9 Å². The molecule has 0 aromatic carbocycles. The van der Waals surface area contributed by atoms with Crippen molar-refractivity contribution in [1.29, 1.82) is 0 Å². The molecule has 146 valence electrons. The minimum atomic E-state index is -3.23. The van der Waals surface area contributed by atoms with E-state index in [1.807, 2.05) is 0 Å². The Labute approximate surface area is 145 Å². The van der Waals surface area contributed by atoms with Gasteiger partial charge in [0.15, 0.2) is 18.0 Å². The third kappa shape index (κ3) is 3.20. The van der Waals surface area contributed by atoms with Gasteiger partial charge in [-0.3, -0.25) is 14.3 Å². The maximum Gasteiger partial charge on any atom is 0.333 e. The summed E-state index contributed by atoms with van der Waals surface area (Å²) in [4.78, 5) is 24.5. The third-order valence-electron chi connectivity index (χ3n) is 3.84. The average Bonchev–Trinajstić information content (AvgIpc) is 2.85. The lowest BCUT2D eigenvalue weighted by atomic mass is 9.97. The second kappa shape index (κ2) is 7.01. The molecule has 1 aromatic heterocycles. The third-order valence-corrected chi connectivity index (χ3v) is 5.18. The molecular formula is C13H15F4N2O6P. The summed E-state index contributed by atoms with van der Waals surface area (Å²) in [6, 6.07) is 0. The Morgan fingerprint density at radius 2 is 2.12 bits per heavy atom. The molecule has 2 aliphatic rings. The molecule has 0 radical (unpaired) electrons. The number of halogens is 4. The number of aromatic nitrogens is 2. The van der Waals surface area contributed by atoms with Crippen LogP contribution in [0.15, 0.2) is 15.8 Å². The van der Waals surface area contributed by atoms with E-state index in [9.17, 15) is 27.2 Å². The number of hydrogen-bond acceptors (Lipinski definition) is 6. The lowest BCUT2D eigenvalue weighted by Gasteiger charge is -2.39. The molecule has 3 rings (SSSR count). The summed E-state index contributed by atoms with van der Waals surface area (Å²) in [6.45, 7) is 2.55. The van der Waals surface area contributed by atoms with Crippen LogP contribution in [0.25, 0.3) is 0 Å². The number of H-pyrrole nitrogens is 1. The second-order valence-corrected chi connectivity index (χ2v) is 7.16. The largest absolute Gasteiger partial charge is 0.337 e. The molecule has 1 unspecified atom stereocenters. The van der Waals surface area contributed by atoms with Crippen molar-refractivity contribution >= 4 is 8.60 Å². The summed E-state index contributed by atoms with van der Waals surface area (Å²) in [5, 5.41) is 0. The van der Waals surface area contributed by atoms with E-state index in [0.717, 1.165) is 0 Å². The highest BCUT2D eigenvalue weighted by molar-refractivity contribution is 7.41. The van der Waals surface area contributed by atoms with Crippen LogP contribution >= 0.6 is 8.60 Å². The summed E-state index contributed by atoms with van der Waals surface area (Å²) < 4.78 is 76.7. The number of ether oxygens (including phenoxy) is 1. The topological polar surface area (TPSA) is 91.8 Å². The molecule has 8 nitrogen and oxygen atoms in total. The summed E-state index contributed by atoms with van der Waals surface area (Å²) in [6.07, 6.45) is -9.22. The van der Waals surface area contributed by atoms with Gasteiger partial charge in [0.1, 0.15) is 6.10 Å². The number of nitrogens with one attached hydrogen (secondary N) is 1. The standard InChI is InChI=1S/C13H15F4N2O6P/c1-5(2)24-26-22-4-13(11(16)17)8(25-26)7(15)10(23-13)19-3-6(14)9(20)18-12(19)21/h3,5,7-8,10-11H,4H2,1-2H3,(H,18,20,21)/t7-,8-,10+,13+,26?/m0/s1. The summed E-state index contributed by atoms with van der Waals surface area (Å²) in [5.41, 5.74) is -5.04. The first-order chi connectivity index (χ1) is 12.2. The van der Waals surface area contributed by atoms with Gasteiger partial charge < -0.3 is 18.3 Å². The number of nitrogens with zero attached hydrogens (tertiary/aromatic N) is 1. The fraction of sp³-hybridized carbons (Fsp3) is 0.692. The van der Waals surface area contributed by atoms with E-state index in [-0.39, 0.29) is 6.10 Å². The zero-order chi connectivity index (χ0) is 19.2. The molecule has 1 N–H and O–H groups in total. The SMILES string of the molecule is CC(C)OP1OC[C@@]2(C(F)F)O[C@@H](n3cc(F)c(=O)[nH]c3=O)[C@@H](F)[C@@H]2O1. The van der Waals surface area contributed by atoms with Crippen LogP contribution in [0, 0.1) is 5.82 Å². The van der Waals surface area contributed by atoms with Crippen LogP contribution in [0.3, 0.4) is 0 Å². The van der Waals surface area contributed by atoms with Crippen molar-refractivity contribution in [1.82, 2.24) is 9.55 Å². The van der Waals surface area contributed by atoms with E-state index in [1.54, 1.807) is 18.8 Å². The Bertz CT molecular complexity index is 789. The summed E-state index contributed by atoms with van der Waals surface area (Å²) in [5.74, 6) is -1.40. The Kier molecular flexibility index (Phi) is 5.24. The molecule has 2 fully saturated rings. The van der Waals surface area contributed by atoms with Gasteiger partial charge in [-0.15, -0.1) is 0 Å². The minimum absolute atomic E-state index is 0.360. The van der Waals surface area contributed by atoms with Gasteiger partial charge in [-0.1, -0.05) is 0 Å². The van der Waals surface area contributed by atoms with Crippen molar-refractivity contribution in [3.8, 4) is 0 Å². The van der Waals surface area contributed by atoms with Gasteiger partial charge in [-0.2, -0.15) is 4.39 Å². The van der Waals surface area contributed by atoms with E-state index in [0.29, 0.717) is 10.8 Å². The number of hydrogen-bond donors (Lipinski definition) is 1. The predicted octanol–water partition coefficient (Wildman–Crippen LogP) is 1.61. The van der Waals surface area contributed by atoms with Crippen LogP contribution in [0.2, 0.25) is 0 Å². The molecular weight excluding hydrogens is 387 g/mol. The average molecular weight is 402 g/mol. The maximum atomic E-state index is 14.9. The molecule has 3 heterocycles. The Morgan fingerprint density at radius 3 is 2.73 bits per heavy atom. The fourth-order valence-electron chi connectivity index (χ4n) is 2.64. The van der Waals surface area contributed by atoms with E-state index >= 15 is 0 Å². The summed E-state index contributed by atoms with van der Waals surface area (Å²) in [7, 11) is -2.11. The van der Waals surface area contributed by atoms with Gasteiger partial charge in [0.2, 0.25) is 5.82 Å². The number of rotatable bonds is 4. The highest BCUT2D eigenvalue weighted by atomic mass is 31.2.